The third kappa shape index (κ3) is 35.9. The summed E-state index contributed by atoms with van der Waals surface area (Å²) in [5.41, 5.74) is 0. The topological polar surface area (TPSA) is 99.1 Å². The second-order valence-corrected chi connectivity index (χ2v) is 14.9. The van der Waals surface area contributed by atoms with E-state index in [1.54, 1.807) is 0 Å². The van der Waals surface area contributed by atoms with Crippen LogP contribution in [0.15, 0.2) is 97.2 Å². The van der Waals surface area contributed by atoms with Crippen LogP contribution >= 0.6 is 0 Å². The Balaban J connectivity index is 4.50. The van der Waals surface area contributed by atoms with E-state index >= 15 is 0 Å². The molecule has 316 valence electrons. The minimum Gasteiger partial charge on any atom is -0.477 e. The Hall–Kier alpha value is -3.75. The lowest BCUT2D eigenvalue weighted by Crippen LogP contribution is -2.50. The van der Waals surface area contributed by atoms with Crippen LogP contribution in [-0.2, 0) is 28.6 Å². The lowest BCUT2D eigenvalue weighted by molar-refractivity contribution is -0.887. The second kappa shape index (κ2) is 38.1. The van der Waals surface area contributed by atoms with Crippen LogP contribution in [0.2, 0.25) is 0 Å². The van der Waals surface area contributed by atoms with Gasteiger partial charge < -0.3 is 23.8 Å². The number of esters is 2. The summed E-state index contributed by atoms with van der Waals surface area (Å²) >= 11 is 0. The number of hydrogen-bond acceptors (Lipinski definition) is 6. The molecule has 0 radical (unpaired) electrons. The second-order valence-electron chi connectivity index (χ2n) is 14.9. The number of ether oxygens (including phenoxy) is 3. The lowest BCUT2D eigenvalue weighted by atomic mass is 10.1. The number of rotatable bonds is 36. The fourth-order valence-corrected chi connectivity index (χ4v) is 5.54. The van der Waals surface area contributed by atoms with Gasteiger partial charge in [-0.3, -0.25) is 9.59 Å². The molecule has 0 saturated carbocycles. The summed E-state index contributed by atoms with van der Waals surface area (Å²) < 4.78 is 17.2. The zero-order chi connectivity index (χ0) is 41.4. The van der Waals surface area contributed by atoms with Gasteiger partial charge >= 0.3 is 17.9 Å². The van der Waals surface area contributed by atoms with E-state index in [-0.39, 0.29) is 42.7 Å². The van der Waals surface area contributed by atoms with Crippen molar-refractivity contribution in [2.24, 2.45) is 0 Å². The van der Waals surface area contributed by atoms with Crippen LogP contribution < -0.4 is 0 Å². The Bertz CT molecular complexity index is 1230. The van der Waals surface area contributed by atoms with Crippen LogP contribution in [0.5, 0.6) is 0 Å². The molecule has 0 saturated heterocycles. The highest BCUT2D eigenvalue weighted by Gasteiger charge is 2.31. The number of quaternary nitrogens is 1. The van der Waals surface area contributed by atoms with Gasteiger partial charge in [0.2, 0.25) is 0 Å². The summed E-state index contributed by atoms with van der Waals surface area (Å²) in [5, 5.41) is 9.61. The molecule has 0 rings (SSSR count). The van der Waals surface area contributed by atoms with Gasteiger partial charge in [-0.15, -0.1) is 0 Å². The molecule has 8 heteroatoms. The first-order valence-electron chi connectivity index (χ1n) is 21.3. The molecule has 0 fully saturated rings. The van der Waals surface area contributed by atoms with E-state index in [4.69, 9.17) is 14.2 Å². The van der Waals surface area contributed by atoms with E-state index in [1.165, 1.54) is 19.3 Å². The first-order valence-corrected chi connectivity index (χ1v) is 21.3. The van der Waals surface area contributed by atoms with Crippen molar-refractivity contribution in [3.63, 3.8) is 0 Å². The minimum atomic E-state index is -0.890. The molecule has 1 N–H and O–H groups in total. The van der Waals surface area contributed by atoms with Gasteiger partial charge in [0.15, 0.2) is 12.1 Å². The molecular formula is C48H78NO7+. The molecule has 0 bridgehead atoms. The van der Waals surface area contributed by atoms with Gasteiger partial charge in [0.1, 0.15) is 6.61 Å². The Morgan fingerprint density at radius 3 is 1.62 bits per heavy atom. The number of carboxylic acid groups (broad SMARTS) is 1. The molecule has 56 heavy (non-hydrogen) atoms. The smallest absolute Gasteiger partial charge is 0.362 e. The number of carboxylic acids is 1. The predicted octanol–water partition coefficient (Wildman–Crippen LogP) is 11.5. The number of likely N-dealkylation sites (N-methyl/N-ethyl adjacent to an activating group) is 1. The van der Waals surface area contributed by atoms with Gasteiger partial charge in [-0.1, -0.05) is 143 Å². The van der Waals surface area contributed by atoms with Crippen LogP contribution in [0, 0.1) is 0 Å². The SMILES string of the molecule is CC/C=C/C=C/C=C/CCCCCCCCCC(=O)OC(COCCC(C(=O)O)[N+](C)(C)C)COC(=O)CCC/C=C/C/C=C/C/C=C/C/C=C/C/C=C/CC. The molecule has 0 aliphatic rings. The summed E-state index contributed by atoms with van der Waals surface area (Å²) in [5.74, 6) is -1.57. The van der Waals surface area contributed by atoms with Crippen molar-refractivity contribution in [2.75, 3.05) is 41.0 Å². The maximum atomic E-state index is 12.7. The quantitative estimate of drug-likeness (QED) is 0.0222. The van der Waals surface area contributed by atoms with E-state index in [2.05, 4.69) is 111 Å². The highest BCUT2D eigenvalue weighted by Crippen LogP contribution is 2.13. The third-order valence-electron chi connectivity index (χ3n) is 8.79. The highest BCUT2D eigenvalue weighted by atomic mass is 16.6. The number of allylic oxidation sites excluding steroid dienone is 16. The fraction of sp³-hybridized carbons (Fsp3) is 0.604. The maximum absolute atomic E-state index is 12.7. The standard InChI is InChI=1S/C48H77NO7/c1-6-8-10-12-14-16-18-20-22-23-25-26-28-30-32-34-36-38-46(50)55-43-44(42-54-41-40-45(48(52)53)49(3,4)5)56-47(51)39-37-35-33-31-29-27-24-21-19-17-15-13-11-9-7-2/h8-11,13-17,19-20,22,25-26,30,32,44-45H,6-7,12,18,21,23-24,27-29,31,33-43H2,1-5H3/p+1/b10-8+,11-9+,15-13+,16-14+,19-17+,22-20+,26-25+,32-30+. The van der Waals surface area contributed by atoms with E-state index < -0.39 is 18.1 Å². The van der Waals surface area contributed by atoms with E-state index in [1.807, 2.05) is 21.1 Å². The van der Waals surface area contributed by atoms with Crippen molar-refractivity contribution in [1.29, 1.82) is 0 Å². The summed E-state index contributed by atoms with van der Waals surface area (Å²) in [6.45, 7) is 4.39. The molecule has 0 aliphatic carbocycles. The molecule has 2 atom stereocenters. The highest BCUT2D eigenvalue weighted by molar-refractivity contribution is 5.72. The van der Waals surface area contributed by atoms with Gasteiger partial charge in [0.05, 0.1) is 34.4 Å². The molecule has 0 aromatic carbocycles. The zero-order valence-electron chi connectivity index (χ0n) is 35.8. The van der Waals surface area contributed by atoms with Gasteiger partial charge in [0.25, 0.3) is 0 Å². The van der Waals surface area contributed by atoms with Crippen molar-refractivity contribution < 1.29 is 38.2 Å². The monoisotopic (exact) mass is 781 g/mol. The molecule has 2 unspecified atom stereocenters. The summed E-state index contributed by atoms with van der Waals surface area (Å²) in [7, 11) is 5.49. The Morgan fingerprint density at radius 1 is 0.554 bits per heavy atom. The molecule has 0 spiro atoms. The van der Waals surface area contributed by atoms with Crippen molar-refractivity contribution in [1.82, 2.24) is 0 Å². The average Bonchev–Trinajstić information content (AvgIpc) is 3.15. The predicted molar refractivity (Wildman–Crippen MR) is 233 cm³/mol. The Labute approximate surface area is 341 Å². The average molecular weight is 781 g/mol. The minimum absolute atomic E-state index is 0.0317. The molecule has 0 aromatic rings. The largest absolute Gasteiger partial charge is 0.477 e. The normalized spacial score (nSPS) is 13.9. The Morgan fingerprint density at radius 2 is 1.05 bits per heavy atom. The van der Waals surface area contributed by atoms with Gasteiger partial charge in [-0.25, -0.2) is 4.79 Å². The van der Waals surface area contributed by atoms with Crippen LogP contribution in [0.4, 0.5) is 0 Å². The van der Waals surface area contributed by atoms with E-state index in [0.29, 0.717) is 19.3 Å². The number of hydrogen-bond donors (Lipinski definition) is 1. The first kappa shape index (κ1) is 52.2. The molecule has 0 amide bonds. The fourth-order valence-electron chi connectivity index (χ4n) is 5.54. The molecular weight excluding hydrogens is 703 g/mol. The van der Waals surface area contributed by atoms with Crippen molar-refractivity contribution in [2.45, 2.75) is 148 Å². The van der Waals surface area contributed by atoms with Gasteiger partial charge in [0, 0.05) is 19.3 Å². The summed E-state index contributed by atoms with van der Waals surface area (Å²) in [6.07, 6.45) is 50.3. The summed E-state index contributed by atoms with van der Waals surface area (Å²) in [6, 6.07) is -0.631. The number of carbonyl (C=O) groups is 3. The molecule has 0 heterocycles. The molecule has 8 nitrogen and oxygen atoms in total. The number of carbonyl (C=O) groups excluding carboxylic acids is 2. The van der Waals surface area contributed by atoms with Crippen molar-refractivity contribution >= 4 is 17.9 Å². The van der Waals surface area contributed by atoms with Crippen LogP contribution in [-0.4, -0.2) is 80.6 Å². The third-order valence-corrected chi connectivity index (χ3v) is 8.79. The number of nitrogens with zero attached hydrogens (tertiary/aromatic N) is 1. The van der Waals surface area contributed by atoms with Crippen molar-refractivity contribution in [3.8, 4) is 0 Å². The molecule has 0 aromatic heterocycles. The zero-order valence-corrected chi connectivity index (χ0v) is 35.8. The van der Waals surface area contributed by atoms with Crippen LogP contribution in [0.1, 0.15) is 136 Å². The first-order chi connectivity index (χ1) is 27.1. The maximum Gasteiger partial charge on any atom is 0.362 e. The lowest BCUT2D eigenvalue weighted by Gasteiger charge is -2.31. The van der Waals surface area contributed by atoms with Crippen LogP contribution in [0.25, 0.3) is 0 Å². The number of aliphatic carboxylic acids is 1. The van der Waals surface area contributed by atoms with E-state index in [0.717, 1.165) is 77.0 Å². The van der Waals surface area contributed by atoms with Crippen molar-refractivity contribution in [3.05, 3.63) is 97.2 Å². The van der Waals surface area contributed by atoms with Crippen LogP contribution in [0.3, 0.4) is 0 Å². The van der Waals surface area contributed by atoms with Gasteiger partial charge in [-0.2, -0.15) is 0 Å². The van der Waals surface area contributed by atoms with E-state index in [9.17, 15) is 19.5 Å². The molecule has 0 aliphatic heterocycles. The van der Waals surface area contributed by atoms with Gasteiger partial charge in [-0.05, 0) is 70.6 Å². The Kier molecular flexibility index (Phi) is 35.6. The number of unbranched alkanes of at least 4 members (excludes halogenated alkanes) is 8. The summed E-state index contributed by atoms with van der Waals surface area (Å²) in [4.78, 5) is 36.9.